The third kappa shape index (κ3) is 4.05. The second-order valence-electron chi connectivity index (χ2n) is 10.2. The van der Waals surface area contributed by atoms with Gasteiger partial charge in [-0.1, -0.05) is 13.0 Å². The number of methoxy groups -OCH3 is 1. The molecular weight excluding hydrogens is 447 g/mol. The van der Waals surface area contributed by atoms with Crippen molar-refractivity contribution in [1.29, 1.82) is 0 Å². The first-order valence-electron chi connectivity index (χ1n) is 12.1. The van der Waals surface area contributed by atoms with E-state index in [4.69, 9.17) is 9.47 Å². The Hall–Kier alpha value is -1.97. The molecule has 6 nitrogen and oxygen atoms in total. The monoisotopic (exact) mass is 479 g/mol. The van der Waals surface area contributed by atoms with Crippen molar-refractivity contribution in [2.24, 2.45) is 11.3 Å². The summed E-state index contributed by atoms with van der Waals surface area (Å²) >= 11 is 0. The normalized spacial score (nSPS) is 36.1. The number of hydrogen-bond acceptors (Lipinski definition) is 5. The predicted molar refractivity (Wildman–Crippen MR) is 120 cm³/mol. The summed E-state index contributed by atoms with van der Waals surface area (Å²) in [7, 11) is 1.70. The molecule has 1 amide bonds. The van der Waals surface area contributed by atoms with E-state index in [2.05, 4.69) is 17.2 Å². The Labute approximate surface area is 197 Å². The van der Waals surface area contributed by atoms with Crippen molar-refractivity contribution >= 4 is 11.5 Å². The van der Waals surface area contributed by atoms with E-state index in [0.717, 1.165) is 43.4 Å². The number of rotatable bonds is 4. The van der Waals surface area contributed by atoms with Gasteiger partial charge in [-0.3, -0.25) is 9.78 Å². The summed E-state index contributed by atoms with van der Waals surface area (Å²) in [6.45, 7) is 3.85. The maximum absolute atomic E-state index is 13.6. The predicted octanol–water partition coefficient (Wildman–Crippen LogP) is 3.67. The van der Waals surface area contributed by atoms with Crippen LogP contribution in [0.3, 0.4) is 0 Å². The van der Waals surface area contributed by atoms with Gasteiger partial charge in [-0.25, -0.2) is 0 Å². The topological polar surface area (TPSA) is 63.7 Å². The first-order chi connectivity index (χ1) is 16.2. The molecule has 3 fully saturated rings. The summed E-state index contributed by atoms with van der Waals surface area (Å²) in [5.74, 6) is 0.311. The van der Waals surface area contributed by atoms with Gasteiger partial charge in [0, 0.05) is 44.6 Å². The van der Waals surface area contributed by atoms with Crippen molar-refractivity contribution in [1.82, 2.24) is 15.2 Å². The van der Waals surface area contributed by atoms with Crippen molar-refractivity contribution in [3.05, 3.63) is 35.7 Å². The van der Waals surface area contributed by atoms with Crippen molar-refractivity contribution in [2.75, 3.05) is 26.9 Å². The Morgan fingerprint density at radius 1 is 1.32 bits per heavy atom. The fourth-order valence-corrected chi connectivity index (χ4v) is 6.55. The number of pyridine rings is 1. The lowest BCUT2D eigenvalue weighted by Crippen LogP contribution is -2.51. The number of nitrogens with one attached hydrogen (secondary N) is 1. The van der Waals surface area contributed by atoms with Gasteiger partial charge in [0.2, 0.25) is 5.91 Å². The Bertz CT molecular complexity index is 968. The largest absolute Gasteiger partial charge is 0.416 e. The molecule has 0 aromatic carbocycles. The van der Waals surface area contributed by atoms with Gasteiger partial charge < -0.3 is 19.7 Å². The first kappa shape index (κ1) is 23.8. The molecule has 5 unspecified atom stereocenters. The molecule has 1 aliphatic carbocycles. The Morgan fingerprint density at radius 2 is 2.15 bits per heavy atom. The van der Waals surface area contributed by atoms with Gasteiger partial charge in [0.15, 0.2) is 0 Å². The van der Waals surface area contributed by atoms with Crippen LogP contribution in [0.25, 0.3) is 5.57 Å². The third-order valence-corrected chi connectivity index (χ3v) is 8.52. The van der Waals surface area contributed by atoms with Crippen LogP contribution in [-0.4, -0.2) is 66.9 Å². The Balaban J connectivity index is 1.30. The van der Waals surface area contributed by atoms with Crippen LogP contribution in [0.15, 0.2) is 24.4 Å². The quantitative estimate of drug-likeness (QED) is 0.714. The molecule has 1 saturated carbocycles. The van der Waals surface area contributed by atoms with Crippen LogP contribution in [-0.2, 0) is 20.4 Å². The van der Waals surface area contributed by atoms with Gasteiger partial charge >= 0.3 is 6.18 Å². The molecule has 3 aliphatic heterocycles. The van der Waals surface area contributed by atoms with Crippen LogP contribution >= 0.6 is 0 Å². The highest BCUT2D eigenvalue weighted by atomic mass is 19.4. The van der Waals surface area contributed by atoms with E-state index < -0.39 is 17.2 Å². The molecule has 1 aromatic rings. The summed E-state index contributed by atoms with van der Waals surface area (Å²) in [5, 5.41) is 3.74. The zero-order valence-electron chi connectivity index (χ0n) is 19.6. The van der Waals surface area contributed by atoms with E-state index in [9.17, 15) is 18.0 Å². The number of fused-ring (bicyclic) bond motifs is 1. The van der Waals surface area contributed by atoms with Gasteiger partial charge in [-0.15, -0.1) is 0 Å². The molecule has 0 radical (unpaired) electrons. The van der Waals surface area contributed by atoms with Crippen LogP contribution in [0.5, 0.6) is 0 Å². The van der Waals surface area contributed by atoms with E-state index in [1.807, 2.05) is 11.0 Å². The van der Waals surface area contributed by atoms with Crippen LogP contribution in [0.2, 0.25) is 0 Å². The molecule has 0 bridgehead atoms. The number of alkyl halides is 3. The SMILES string of the molecule is COC1COCCC1NC1CCC2(C1)C(=O)N1CC=C(c3cc(C(F)(F)F)ccn3)CC1[C@@H]2C. The number of aromatic nitrogens is 1. The number of carbonyl (C=O) groups is 1. The first-order valence-corrected chi connectivity index (χ1v) is 12.1. The maximum Gasteiger partial charge on any atom is 0.416 e. The number of hydrogen-bond donors (Lipinski definition) is 1. The van der Waals surface area contributed by atoms with E-state index in [-0.39, 0.29) is 36.1 Å². The lowest BCUT2D eigenvalue weighted by molar-refractivity contribution is -0.138. The summed E-state index contributed by atoms with van der Waals surface area (Å²) in [5.41, 5.74) is 0.0358. The molecule has 2 saturated heterocycles. The highest BCUT2D eigenvalue weighted by Gasteiger charge is 2.60. The highest BCUT2D eigenvalue weighted by molar-refractivity contribution is 5.88. The fourth-order valence-electron chi connectivity index (χ4n) is 6.55. The zero-order chi connectivity index (χ0) is 24.1. The van der Waals surface area contributed by atoms with Crippen LogP contribution in [0.4, 0.5) is 13.2 Å². The highest BCUT2D eigenvalue weighted by Crippen LogP contribution is 2.54. The number of nitrogens with zero attached hydrogens (tertiary/aromatic N) is 2. The van der Waals surface area contributed by atoms with Crippen LogP contribution in [0, 0.1) is 11.3 Å². The average Bonchev–Trinajstić information content (AvgIpc) is 3.35. The molecule has 186 valence electrons. The maximum atomic E-state index is 13.6. The number of halogens is 3. The van der Waals surface area contributed by atoms with Gasteiger partial charge in [-0.05, 0) is 55.7 Å². The average molecular weight is 480 g/mol. The summed E-state index contributed by atoms with van der Waals surface area (Å²) in [4.78, 5) is 19.8. The van der Waals surface area contributed by atoms with Gasteiger partial charge in [-0.2, -0.15) is 13.2 Å². The molecule has 6 atom stereocenters. The van der Waals surface area contributed by atoms with Gasteiger partial charge in [0.05, 0.1) is 29.4 Å². The molecular formula is C25H32F3N3O3. The fraction of sp³-hybridized carbons (Fsp3) is 0.680. The molecule has 34 heavy (non-hydrogen) atoms. The van der Waals surface area contributed by atoms with Crippen LogP contribution in [0.1, 0.15) is 50.3 Å². The molecule has 9 heteroatoms. The minimum absolute atomic E-state index is 0.0139. The van der Waals surface area contributed by atoms with Crippen molar-refractivity contribution in [3.63, 3.8) is 0 Å². The summed E-state index contributed by atoms with van der Waals surface area (Å²) < 4.78 is 50.7. The molecule has 1 spiro atoms. The van der Waals surface area contributed by atoms with E-state index in [0.29, 0.717) is 31.9 Å². The van der Waals surface area contributed by atoms with Crippen molar-refractivity contribution in [2.45, 2.75) is 69.4 Å². The summed E-state index contributed by atoms with van der Waals surface area (Å²) in [6, 6.07) is 2.56. The molecule has 1 N–H and O–H groups in total. The summed E-state index contributed by atoms with van der Waals surface area (Å²) in [6.07, 6.45) is 2.66. The standard InChI is InChI=1S/C25H32F3N3O3/c1-15-21-11-16(20-12-17(4-8-29-20)25(26,27)28)5-9-31(21)23(32)24(15)7-3-18(13-24)30-19-6-10-34-14-22(19)33-2/h4-5,8,12,15,18-19,21-22,30H,3,6-7,9-11,13-14H2,1-2H3/t15-,18?,19?,21?,22?,24?/m0/s1. The Morgan fingerprint density at radius 3 is 2.91 bits per heavy atom. The van der Waals surface area contributed by atoms with E-state index in [1.165, 1.54) is 6.20 Å². The minimum Gasteiger partial charge on any atom is -0.379 e. The van der Waals surface area contributed by atoms with Gasteiger partial charge in [0.1, 0.15) is 0 Å². The van der Waals surface area contributed by atoms with Crippen LogP contribution < -0.4 is 5.32 Å². The van der Waals surface area contributed by atoms with Crippen molar-refractivity contribution in [3.8, 4) is 0 Å². The third-order valence-electron chi connectivity index (χ3n) is 8.52. The second-order valence-corrected chi connectivity index (χ2v) is 10.2. The minimum atomic E-state index is -4.40. The second kappa shape index (κ2) is 8.91. The molecule has 4 heterocycles. The van der Waals surface area contributed by atoms with E-state index >= 15 is 0 Å². The Kier molecular flexibility index (Phi) is 6.23. The number of amides is 1. The van der Waals surface area contributed by atoms with Crippen molar-refractivity contribution < 1.29 is 27.4 Å². The lowest BCUT2D eigenvalue weighted by Gasteiger charge is -2.34. The van der Waals surface area contributed by atoms with E-state index in [1.54, 1.807) is 7.11 Å². The lowest BCUT2D eigenvalue weighted by atomic mass is 9.73. The van der Waals surface area contributed by atoms with Gasteiger partial charge in [0.25, 0.3) is 0 Å². The number of ether oxygens (including phenoxy) is 2. The molecule has 5 rings (SSSR count). The number of carbonyl (C=O) groups excluding carboxylic acids is 1. The molecule has 4 aliphatic rings. The smallest absolute Gasteiger partial charge is 0.379 e. The zero-order valence-corrected chi connectivity index (χ0v) is 19.6. The molecule has 1 aromatic heterocycles.